The first-order chi connectivity index (χ1) is 6.75. The van der Waals surface area contributed by atoms with Crippen LogP contribution in [0.2, 0.25) is 0 Å². The second-order valence-corrected chi connectivity index (χ2v) is 3.17. The molecule has 0 N–H and O–H groups in total. The zero-order chi connectivity index (χ0) is 9.97. The normalized spacial score (nSPS) is 10.1. The van der Waals surface area contributed by atoms with E-state index in [-0.39, 0.29) is 0 Å². The van der Waals surface area contributed by atoms with Crippen molar-refractivity contribution >= 4 is 0 Å². The van der Waals surface area contributed by atoms with E-state index >= 15 is 0 Å². The molecule has 3 heteroatoms. The summed E-state index contributed by atoms with van der Waals surface area (Å²) in [5.41, 5.74) is 3.05. The topological polar surface area (TPSA) is 39.8 Å². The Bertz CT molecular complexity index is 377. The largest absolute Gasteiger partial charge is 0.711 e. The number of benzene rings is 1. The fourth-order valence-corrected chi connectivity index (χ4v) is 1.24. The molecule has 1 heterocycles. The Hall–Kier alpha value is -1.90. The smallest absolute Gasteiger partial charge is 0.289 e. The van der Waals surface area contributed by atoms with Gasteiger partial charge in [-0.2, -0.15) is 0 Å². The molecular weight excluding hydrogens is 176 g/mol. The first kappa shape index (κ1) is 8.69. The zero-order valence-corrected chi connectivity index (χ0v) is 7.84. The summed E-state index contributed by atoms with van der Waals surface area (Å²) in [6.07, 6.45) is 2.71. The van der Waals surface area contributed by atoms with E-state index in [0.717, 1.165) is 11.3 Å². The molecule has 0 radical (unpaired) electrons. The van der Waals surface area contributed by atoms with Crippen molar-refractivity contribution in [1.29, 1.82) is 0 Å². The van der Waals surface area contributed by atoms with Crippen LogP contribution < -0.4 is 4.73 Å². The quantitative estimate of drug-likeness (QED) is 0.502. The number of aromatic nitrogens is 2. The van der Waals surface area contributed by atoms with E-state index in [1.54, 1.807) is 6.07 Å². The summed E-state index contributed by atoms with van der Waals surface area (Å²) >= 11 is 0. The number of hydrogen-bond donors (Lipinski definition) is 0. The molecule has 1 aromatic carbocycles. The molecule has 0 saturated carbocycles. The second-order valence-electron chi connectivity index (χ2n) is 3.17. The molecule has 2 rings (SSSR count). The van der Waals surface area contributed by atoms with Crippen molar-refractivity contribution in [3.63, 3.8) is 0 Å². The minimum Gasteiger partial charge on any atom is -0.711 e. The second kappa shape index (κ2) is 3.46. The van der Waals surface area contributed by atoms with Crippen LogP contribution in [0.5, 0.6) is 0 Å². The molecule has 0 saturated heterocycles. The van der Waals surface area contributed by atoms with Gasteiger partial charge in [-0.25, -0.2) is 4.73 Å². The highest BCUT2D eigenvalue weighted by molar-refractivity contribution is 5.58. The van der Waals surface area contributed by atoms with Crippen LogP contribution in [0.3, 0.4) is 0 Å². The first-order valence-electron chi connectivity index (χ1n) is 4.37. The minimum atomic E-state index is 0.678. The summed E-state index contributed by atoms with van der Waals surface area (Å²) in [7, 11) is 0. The number of aryl methyl sites for hydroxylation is 1. The van der Waals surface area contributed by atoms with Gasteiger partial charge < -0.3 is 5.21 Å². The summed E-state index contributed by atoms with van der Waals surface area (Å²) in [6, 6.07) is 9.74. The Kier molecular flexibility index (Phi) is 2.14. The molecule has 0 fully saturated rings. The van der Waals surface area contributed by atoms with E-state index in [9.17, 15) is 5.21 Å². The van der Waals surface area contributed by atoms with Gasteiger partial charge in [0, 0.05) is 11.6 Å². The third kappa shape index (κ3) is 1.71. The van der Waals surface area contributed by atoms with E-state index in [1.165, 1.54) is 18.1 Å². The summed E-state index contributed by atoms with van der Waals surface area (Å²) in [6.45, 7) is 2.04. The molecule has 0 aliphatic rings. The van der Waals surface area contributed by atoms with Crippen molar-refractivity contribution < 1.29 is 4.73 Å². The molecular formula is C11H10N2O. The van der Waals surface area contributed by atoms with Crippen LogP contribution in [0, 0.1) is 12.1 Å². The van der Waals surface area contributed by atoms with Crippen LogP contribution in [0.4, 0.5) is 0 Å². The van der Waals surface area contributed by atoms with Gasteiger partial charge in [0.2, 0.25) is 0 Å². The first-order valence-corrected chi connectivity index (χ1v) is 4.37. The predicted molar refractivity (Wildman–Crippen MR) is 53.4 cm³/mol. The van der Waals surface area contributed by atoms with Gasteiger partial charge >= 0.3 is 0 Å². The maximum atomic E-state index is 10.8. The predicted octanol–water partition coefficient (Wildman–Crippen LogP) is 1.69. The molecule has 0 amide bonds. The molecule has 0 bridgehead atoms. The Balaban J connectivity index is 2.40. The molecule has 2 aromatic rings. The lowest BCUT2D eigenvalue weighted by atomic mass is 10.1. The summed E-state index contributed by atoms with van der Waals surface area (Å²) in [5, 5.41) is 10.8. The average Bonchev–Trinajstić information content (AvgIpc) is 2.21. The molecule has 0 atom stereocenters. The van der Waals surface area contributed by atoms with Crippen LogP contribution in [-0.4, -0.2) is 4.98 Å². The molecule has 1 aromatic heterocycles. The van der Waals surface area contributed by atoms with Crippen LogP contribution in [-0.2, 0) is 0 Å². The van der Waals surface area contributed by atoms with E-state index in [0.29, 0.717) is 4.73 Å². The van der Waals surface area contributed by atoms with E-state index < -0.39 is 0 Å². The summed E-state index contributed by atoms with van der Waals surface area (Å²) in [5.74, 6) is 0. The Morgan fingerprint density at radius 2 is 1.86 bits per heavy atom. The SMILES string of the molecule is Cc1ccc(-c2cc[n+]([O-])cn2)cc1. The van der Waals surface area contributed by atoms with Gasteiger partial charge in [-0.15, -0.1) is 0 Å². The van der Waals surface area contributed by atoms with Crippen molar-refractivity contribution in [2.45, 2.75) is 6.92 Å². The fourth-order valence-electron chi connectivity index (χ4n) is 1.24. The number of nitrogens with zero attached hydrogens (tertiary/aromatic N) is 2. The van der Waals surface area contributed by atoms with Crippen molar-refractivity contribution in [2.24, 2.45) is 0 Å². The van der Waals surface area contributed by atoms with Crippen LogP contribution in [0.1, 0.15) is 5.56 Å². The third-order valence-electron chi connectivity index (χ3n) is 2.04. The highest BCUT2D eigenvalue weighted by Crippen LogP contribution is 2.15. The third-order valence-corrected chi connectivity index (χ3v) is 2.04. The van der Waals surface area contributed by atoms with Crippen molar-refractivity contribution in [3.05, 3.63) is 53.6 Å². The van der Waals surface area contributed by atoms with Crippen molar-refractivity contribution in [1.82, 2.24) is 4.98 Å². The monoisotopic (exact) mass is 186 g/mol. The summed E-state index contributed by atoms with van der Waals surface area (Å²) < 4.78 is 0.678. The average molecular weight is 186 g/mol. The van der Waals surface area contributed by atoms with Gasteiger partial charge in [-0.05, 0) is 11.9 Å². The molecule has 70 valence electrons. The van der Waals surface area contributed by atoms with Gasteiger partial charge in [0.05, 0.1) is 6.20 Å². The van der Waals surface area contributed by atoms with Crippen LogP contribution in [0.25, 0.3) is 11.3 Å². The highest BCUT2D eigenvalue weighted by Gasteiger charge is 2.02. The van der Waals surface area contributed by atoms with Gasteiger partial charge in [0.25, 0.3) is 6.33 Å². The lowest BCUT2D eigenvalue weighted by Gasteiger charge is -1.99. The van der Waals surface area contributed by atoms with Gasteiger partial charge in [-0.3, -0.25) is 0 Å². The van der Waals surface area contributed by atoms with Gasteiger partial charge in [-0.1, -0.05) is 29.8 Å². The highest BCUT2D eigenvalue weighted by atomic mass is 16.5. The Morgan fingerprint density at radius 3 is 2.43 bits per heavy atom. The zero-order valence-electron chi connectivity index (χ0n) is 7.84. The van der Waals surface area contributed by atoms with E-state index in [2.05, 4.69) is 4.98 Å². The van der Waals surface area contributed by atoms with E-state index in [4.69, 9.17) is 0 Å². The number of hydrogen-bond acceptors (Lipinski definition) is 2. The van der Waals surface area contributed by atoms with Crippen LogP contribution >= 0.6 is 0 Å². The standard InChI is InChI=1S/C11H10N2O/c1-9-2-4-10(5-3-9)11-6-7-13(14)8-12-11/h2-8H,1H3. The molecule has 0 aliphatic heterocycles. The number of rotatable bonds is 1. The Labute approximate surface area is 82.3 Å². The van der Waals surface area contributed by atoms with E-state index in [1.807, 2.05) is 31.2 Å². The molecule has 14 heavy (non-hydrogen) atoms. The molecule has 3 nitrogen and oxygen atoms in total. The maximum Gasteiger partial charge on any atom is 0.289 e. The molecule has 0 unspecified atom stereocenters. The van der Waals surface area contributed by atoms with Gasteiger partial charge in [0.15, 0.2) is 5.69 Å². The fraction of sp³-hybridized carbons (Fsp3) is 0.0909. The maximum absolute atomic E-state index is 10.8. The Morgan fingerprint density at radius 1 is 1.14 bits per heavy atom. The van der Waals surface area contributed by atoms with Crippen LogP contribution in [0.15, 0.2) is 42.9 Å². The van der Waals surface area contributed by atoms with Crippen molar-refractivity contribution in [2.75, 3.05) is 0 Å². The molecule has 0 aliphatic carbocycles. The molecule has 0 spiro atoms. The van der Waals surface area contributed by atoms with Gasteiger partial charge in [0.1, 0.15) is 0 Å². The van der Waals surface area contributed by atoms with Crippen molar-refractivity contribution in [3.8, 4) is 11.3 Å². The minimum absolute atomic E-state index is 0.678. The lowest BCUT2D eigenvalue weighted by molar-refractivity contribution is -0.608. The summed E-state index contributed by atoms with van der Waals surface area (Å²) in [4.78, 5) is 4.03. The lowest BCUT2D eigenvalue weighted by Crippen LogP contribution is -2.24.